The fraction of sp³-hybridized carbons (Fsp3) is 0.143. The number of rotatable bonds is 3. The van der Waals surface area contributed by atoms with Crippen LogP contribution in [0.4, 0.5) is 5.13 Å². The number of hydrogen-bond donors (Lipinski definition) is 1. The fourth-order valence-corrected chi connectivity index (χ4v) is 3.94. The van der Waals surface area contributed by atoms with Crippen molar-refractivity contribution in [1.29, 1.82) is 0 Å². The summed E-state index contributed by atoms with van der Waals surface area (Å²) in [6.07, 6.45) is 0.365. The average molecular weight is 346 g/mol. The maximum Gasteiger partial charge on any atom is 0.230 e. The van der Waals surface area contributed by atoms with Crippen LogP contribution in [0, 0.1) is 13.8 Å². The molecule has 0 bridgehead atoms. The highest BCUT2D eigenvalue weighted by atomic mass is 32.1. The molecule has 0 atom stereocenters. The molecule has 1 amide bonds. The van der Waals surface area contributed by atoms with Gasteiger partial charge in [-0.15, -0.1) is 0 Å². The molecule has 0 aliphatic carbocycles. The standard InChI is InChI=1S/C21H18N2OS/c1-13-7-8-14(2)16(11-13)12-19(24)22-21-23-20-17-6-4-3-5-15(17)9-10-18(20)25-21/h3-11H,12H2,1-2H3,(H,22,23,24). The summed E-state index contributed by atoms with van der Waals surface area (Å²) in [6.45, 7) is 4.07. The molecule has 0 unspecified atom stereocenters. The minimum atomic E-state index is -0.0305. The second-order valence-electron chi connectivity index (χ2n) is 6.31. The van der Waals surface area contributed by atoms with Gasteiger partial charge >= 0.3 is 0 Å². The Hall–Kier alpha value is -2.72. The highest BCUT2D eigenvalue weighted by Crippen LogP contribution is 2.31. The monoisotopic (exact) mass is 346 g/mol. The normalized spacial score (nSPS) is 11.1. The van der Waals surface area contributed by atoms with Crippen molar-refractivity contribution in [3.63, 3.8) is 0 Å². The summed E-state index contributed by atoms with van der Waals surface area (Å²) in [7, 11) is 0. The molecule has 1 N–H and O–H groups in total. The molecule has 0 spiro atoms. The number of aryl methyl sites for hydroxylation is 2. The number of fused-ring (bicyclic) bond motifs is 3. The van der Waals surface area contributed by atoms with Crippen LogP contribution in [-0.2, 0) is 11.2 Å². The first kappa shape index (κ1) is 15.8. The highest BCUT2D eigenvalue weighted by Gasteiger charge is 2.11. The Bertz CT molecular complexity index is 1100. The fourth-order valence-electron chi connectivity index (χ4n) is 3.04. The maximum absolute atomic E-state index is 12.4. The first-order chi connectivity index (χ1) is 12.1. The lowest BCUT2D eigenvalue weighted by Gasteiger charge is -2.06. The predicted molar refractivity (Wildman–Crippen MR) is 105 cm³/mol. The number of anilines is 1. The summed E-state index contributed by atoms with van der Waals surface area (Å²) in [5.41, 5.74) is 4.31. The third-order valence-electron chi connectivity index (χ3n) is 4.39. The predicted octanol–water partition coefficient (Wildman–Crippen LogP) is 5.25. The first-order valence-electron chi connectivity index (χ1n) is 8.24. The van der Waals surface area contributed by atoms with Crippen molar-refractivity contribution in [3.8, 4) is 0 Å². The van der Waals surface area contributed by atoms with Crippen molar-refractivity contribution in [3.05, 3.63) is 71.3 Å². The molecule has 124 valence electrons. The largest absolute Gasteiger partial charge is 0.302 e. The SMILES string of the molecule is Cc1ccc(C)c(CC(=O)Nc2nc3c(ccc4ccccc43)s2)c1. The van der Waals surface area contributed by atoms with E-state index in [2.05, 4.69) is 52.8 Å². The molecule has 0 saturated heterocycles. The van der Waals surface area contributed by atoms with Crippen LogP contribution in [0.1, 0.15) is 16.7 Å². The Morgan fingerprint density at radius 3 is 2.80 bits per heavy atom. The second kappa shape index (κ2) is 6.30. The molecule has 4 heteroatoms. The van der Waals surface area contributed by atoms with E-state index in [-0.39, 0.29) is 5.91 Å². The number of nitrogens with one attached hydrogen (secondary N) is 1. The van der Waals surface area contributed by atoms with Gasteiger partial charge in [-0.2, -0.15) is 0 Å². The van der Waals surface area contributed by atoms with Crippen molar-refractivity contribution in [2.45, 2.75) is 20.3 Å². The van der Waals surface area contributed by atoms with Gasteiger partial charge in [-0.3, -0.25) is 4.79 Å². The minimum Gasteiger partial charge on any atom is -0.302 e. The maximum atomic E-state index is 12.4. The molecular formula is C21H18N2OS. The van der Waals surface area contributed by atoms with E-state index in [1.807, 2.05) is 26.0 Å². The summed E-state index contributed by atoms with van der Waals surface area (Å²) >= 11 is 1.52. The second-order valence-corrected chi connectivity index (χ2v) is 7.34. The van der Waals surface area contributed by atoms with E-state index in [4.69, 9.17) is 0 Å². The van der Waals surface area contributed by atoms with E-state index in [9.17, 15) is 4.79 Å². The Morgan fingerprint density at radius 2 is 1.92 bits per heavy atom. The van der Waals surface area contributed by atoms with Gasteiger partial charge in [0.2, 0.25) is 5.91 Å². The molecule has 0 saturated carbocycles. The average Bonchev–Trinajstić information content (AvgIpc) is 3.01. The molecule has 25 heavy (non-hydrogen) atoms. The van der Waals surface area contributed by atoms with Crippen molar-refractivity contribution in [2.75, 3.05) is 5.32 Å². The molecule has 1 aromatic heterocycles. The summed E-state index contributed by atoms with van der Waals surface area (Å²) in [5.74, 6) is -0.0305. The van der Waals surface area contributed by atoms with Crippen LogP contribution in [0.5, 0.6) is 0 Å². The summed E-state index contributed by atoms with van der Waals surface area (Å²) in [5, 5.41) is 5.89. The van der Waals surface area contributed by atoms with E-state index in [0.717, 1.165) is 32.1 Å². The van der Waals surface area contributed by atoms with Crippen LogP contribution in [-0.4, -0.2) is 10.9 Å². The Labute approximate surface area is 150 Å². The van der Waals surface area contributed by atoms with Crippen LogP contribution in [0.15, 0.2) is 54.6 Å². The number of benzene rings is 3. The minimum absolute atomic E-state index is 0.0305. The molecule has 4 aromatic rings. The molecular weight excluding hydrogens is 328 g/mol. The topological polar surface area (TPSA) is 42.0 Å². The molecule has 0 fully saturated rings. The number of nitrogens with zero attached hydrogens (tertiary/aromatic N) is 1. The van der Waals surface area contributed by atoms with Gasteiger partial charge in [-0.1, -0.05) is 65.4 Å². The van der Waals surface area contributed by atoms with Gasteiger partial charge < -0.3 is 5.32 Å². The summed E-state index contributed by atoms with van der Waals surface area (Å²) in [6, 6.07) is 18.5. The quantitative estimate of drug-likeness (QED) is 0.551. The molecule has 3 nitrogen and oxygen atoms in total. The molecule has 1 heterocycles. The Balaban J connectivity index is 1.61. The van der Waals surface area contributed by atoms with Crippen molar-refractivity contribution >= 4 is 43.4 Å². The molecule has 0 radical (unpaired) electrons. The van der Waals surface area contributed by atoms with Crippen LogP contribution in [0.2, 0.25) is 0 Å². The van der Waals surface area contributed by atoms with E-state index in [1.165, 1.54) is 16.9 Å². The number of hydrogen-bond acceptors (Lipinski definition) is 3. The van der Waals surface area contributed by atoms with Crippen molar-refractivity contribution in [1.82, 2.24) is 4.98 Å². The lowest BCUT2D eigenvalue weighted by molar-refractivity contribution is -0.115. The van der Waals surface area contributed by atoms with Crippen LogP contribution in [0.25, 0.3) is 21.0 Å². The van der Waals surface area contributed by atoms with E-state index >= 15 is 0 Å². The number of carbonyl (C=O) groups is 1. The van der Waals surface area contributed by atoms with E-state index in [1.54, 1.807) is 0 Å². The van der Waals surface area contributed by atoms with Gasteiger partial charge in [0, 0.05) is 5.39 Å². The van der Waals surface area contributed by atoms with Crippen molar-refractivity contribution in [2.24, 2.45) is 0 Å². The zero-order chi connectivity index (χ0) is 17.4. The summed E-state index contributed by atoms with van der Waals surface area (Å²) < 4.78 is 1.08. The molecule has 4 rings (SSSR count). The van der Waals surface area contributed by atoms with Crippen LogP contribution >= 0.6 is 11.3 Å². The van der Waals surface area contributed by atoms with Gasteiger partial charge in [0.1, 0.15) is 0 Å². The molecule has 0 aliphatic heterocycles. The molecule has 0 aliphatic rings. The number of aromatic nitrogens is 1. The zero-order valence-electron chi connectivity index (χ0n) is 14.2. The highest BCUT2D eigenvalue weighted by molar-refractivity contribution is 7.22. The van der Waals surface area contributed by atoms with Gasteiger partial charge in [0.05, 0.1) is 16.6 Å². The number of thiazole rings is 1. The van der Waals surface area contributed by atoms with Crippen LogP contribution < -0.4 is 5.32 Å². The van der Waals surface area contributed by atoms with Crippen molar-refractivity contribution < 1.29 is 4.79 Å². The zero-order valence-corrected chi connectivity index (χ0v) is 15.0. The number of carbonyl (C=O) groups excluding carboxylic acids is 1. The Kier molecular flexibility index (Phi) is 3.98. The third-order valence-corrected chi connectivity index (χ3v) is 5.32. The number of amides is 1. The smallest absolute Gasteiger partial charge is 0.230 e. The lowest BCUT2D eigenvalue weighted by atomic mass is 10.0. The third kappa shape index (κ3) is 3.13. The lowest BCUT2D eigenvalue weighted by Crippen LogP contribution is -2.14. The van der Waals surface area contributed by atoms with E-state index in [0.29, 0.717) is 11.6 Å². The van der Waals surface area contributed by atoms with Gasteiger partial charge in [0.25, 0.3) is 0 Å². The first-order valence-corrected chi connectivity index (χ1v) is 9.06. The molecule has 3 aromatic carbocycles. The Morgan fingerprint density at radius 1 is 1.08 bits per heavy atom. The summed E-state index contributed by atoms with van der Waals surface area (Å²) in [4.78, 5) is 17.1. The van der Waals surface area contributed by atoms with Gasteiger partial charge in [-0.25, -0.2) is 4.98 Å². The van der Waals surface area contributed by atoms with Crippen LogP contribution in [0.3, 0.4) is 0 Å². The van der Waals surface area contributed by atoms with Gasteiger partial charge in [-0.05, 0) is 36.4 Å². The van der Waals surface area contributed by atoms with Gasteiger partial charge in [0.15, 0.2) is 5.13 Å². The van der Waals surface area contributed by atoms with E-state index < -0.39 is 0 Å².